The van der Waals surface area contributed by atoms with E-state index < -0.39 is 0 Å². The molecule has 0 aromatic rings. The summed E-state index contributed by atoms with van der Waals surface area (Å²) in [5.41, 5.74) is 0.230. The maximum atomic E-state index is 9.31. The number of aliphatic hydroxyl groups is 1. The predicted molar refractivity (Wildman–Crippen MR) is 42.9 cm³/mol. The van der Waals surface area contributed by atoms with E-state index in [-0.39, 0.29) is 17.6 Å². The number of aliphatic hydroxyl groups excluding tert-OH is 1. The van der Waals surface area contributed by atoms with Gasteiger partial charge in [0.15, 0.2) is 0 Å². The van der Waals surface area contributed by atoms with Crippen LogP contribution < -0.4 is 5.32 Å². The Balaban J connectivity index is 2.08. The Morgan fingerprint density at radius 3 is 2.82 bits per heavy atom. The fourth-order valence-electron chi connectivity index (χ4n) is 1.91. The molecule has 1 aliphatic heterocycles. The molecule has 2 unspecified atom stereocenters. The number of terminal acetylenes is 1. The van der Waals surface area contributed by atoms with Gasteiger partial charge in [0.05, 0.1) is 6.10 Å². The Kier molecular flexibility index (Phi) is 1.45. The lowest BCUT2D eigenvalue weighted by Crippen LogP contribution is -2.49. The second-order valence-corrected chi connectivity index (χ2v) is 3.65. The maximum Gasteiger partial charge on any atom is 0.0677 e. The normalized spacial score (nSPS) is 40.0. The third-order valence-corrected chi connectivity index (χ3v) is 2.85. The Morgan fingerprint density at radius 2 is 2.27 bits per heavy atom. The van der Waals surface area contributed by atoms with E-state index in [9.17, 15) is 5.11 Å². The van der Waals surface area contributed by atoms with Crippen LogP contribution in [0.15, 0.2) is 0 Å². The molecule has 11 heavy (non-hydrogen) atoms. The smallest absolute Gasteiger partial charge is 0.0677 e. The molecule has 1 spiro atoms. The van der Waals surface area contributed by atoms with Gasteiger partial charge in [0.25, 0.3) is 0 Å². The highest BCUT2D eigenvalue weighted by atomic mass is 16.3. The molecule has 0 aromatic carbocycles. The third kappa shape index (κ3) is 1.05. The Bertz CT molecular complexity index is 202. The minimum absolute atomic E-state index is 0.230. The molecule has 2 nitrogen and oxygen atoms in total. The molecule has 1 saturated carbocycles. The molecule has 2 rings (SSSR count). The summed E-state index contributed by atoms with van der Waals surface area (Å²) in [5.74, 6) is 3.02. The zero-order chi connectivity index (χ0) is 7.90. The van der Waals surface area contributed by atoms with Crippen LogP contribution in [0.4, 0.5) is 0 Å². The van der Waals surface area contributed by atoms with E-state index in [0.717, 1.165) is 13.0 Å². The van der Waals surface area contributed by atoms with Crippen LogP contribution in [0.2, 0.25) is 0 Å². The first-order chi connectivity index (χ1) is 5.27. The van der Waals surface area contributed by atoms with Gasteiger partial charge in [-0.3, -0.25) is 0 Å². The Hall–Kier alpha value is -0.520. The molecule has 0 bridgehead atoms. The van der Waals surface area contributed by atoms with Crippen LogP contribution >= 0.6 is 0 Å². The minimum atomic E-state index is -0.234. The van der Waals surface area contributed by atoms with E-state index in [4.69, 9.17) is 6.42 Å². The highest BCUT2D eigenvalue weighted by molar-refractivity contribution is 5.18. The molecule has 1 saturated heterocycles. The van der Waals surface area contributed by atoms with Gasteiger partial charge in [-0.2, -0.15) is 0 Å². The first kappa shape index (κ1) is 7.15. The summed E-state index contributed by atoms with van der Waals surface area (Å²) in [7, 11) is 0. The van der Waals surface area contributed by atoms with Crippen molar-refractivity contribution in [2.45, 2.75) is 30.9 Å². The van der Waals surface area contributed by atoms with Crippen molar-refractivity contribution in [1.82, 2.24) is 5.32 Å². The van der Waals surface area contributed by atoms with Gasteiger partial charge < -0.3 is 10.4 Å². The molecule has 1 aliphatic carbocycles. The Labute approximate surface area is 67.0 Å². The Morgan fingerprint density at radius 1 is 1.55 bits per heavy atom. The molecule has 0 radical (unpaired) electrons. The van der Waals surface area contributed by atoms with Crippen molar-refractivity contribution in [3.63, 3.8) is 0 Å². The van der Waals surface area contributed by atoms with Crippen molar-refractivity contribution in [1.29, 1.82) is 0 Å². The molecule has 0 amide bonds. The van der Waals surface area contributed by atoms with Gasteiger partial charge in [-0.1, -0.05) is 0 Å². The number of nitrogens with one attached hydrogen (secondary N) is 1. The lowest BCUT2D eigenvalue weighted by Gasteiger charge is -2.32. The van der Waals surface area contributed by atoms with Crippen LogP contribution in [0.1, 0.15) is 19.3 Å². The summed E-state index contributed by atoms with van der Waals surface area (Å²) in [6.45, 7) is 0.720. The molecular formula is C9H13NO. The van der Waals surface area contributed by atoms with Crippen molar-refractivity contribution >= 4 is 0 Å². The molecule has 1 heterocycles. The summed E-state index contributed by atoms with van der Waals surface area (Å²) in [5, 5.41) is 12.6. The number of rotatable bonds is 0. The highest BCUT2D eigenvalue weighted by Crippen LogP contribution is 2.45. The van der Waals surface area contributed by atoms with E-state index in [1.807, 2.05) is 0 Å². The second kappa shape index (κ2) is 2.23. The van der Waals surface area contributed by atoms with E-state index in [2.05, 4.69) is 11.2 Å². The summed E-state index contributed by atoms with van der Waals surface area (Å²) in [6.07, 6.45) is 8.31. The van der Waals surface area contributed by atoms with Crippen LogP contribution in [-0.2, 0) is 0 Å². The second-order valence-electron chi connectivity index (χ2n) is 3.65. The van der Waals surface area contributed by atoms with Gasteiger partial charge in [-0.05, 0) is 19.3 Å². The fourth-order valence-corrected chi connectivity index (χ4v) is 1.91. The molecule has 0 aromatic heterocycles. The van der Waals surface area contributed by atoms with E-state index >= 15 is 0 Å². The van der Waals surface area contributed by atoms with Crippen LogP contribution in [0.5, 0.6) is 0 Å². The van der Waals surface area contributed by atoms with Gasteiger partial charge in [0.1, 0.15) is 0 Å². The standard InChI is InChI=1S/C9H13NO/c1-2-7-5-8(11)6-10-9(7)3-4-9/h1,7-8,10-11H,3-6H2. The number of hydrogen-bond acceptors (Lipinski definition) is 2. The fraction of sp³-hybridized carbons (Fsp3) is 0.778. The van der Waals surface area contributed by atoms with Crippen molar-refractivity contribution < 1.29 is 5.11 Å². The number of hydrogen-bond donors (Lipinski definition) is 2. The molecule has 2 heteroatoms. The van der Waals surface area contributed by atoms with E-state index in [1.165, 1.54) is 12.8 Å². The summed E-state index contributed by atoms with van der Waals surface area (Å²) in [4.78, 5) is 0. The van der Waals surface area contributed by atoms with Crippen LogP contribution in [0.25, 0.3) is 0 Å². The average Bonchev–Trinajstić information content (AvgIpc) is 2.76. The van der Waals surface area contributed by atoms with Gasteiger partial charge in [-0.25, -0.2) is 0 Å². The monoisotopic (exact) mass is 151 g/mol. The SMILES string of the molecule is C#CC1CC(O)CNC12CC2. The zero-order valence-corrected chi connectivity index (χ0v) is 6.51. The maximum absolute atomic E-state index is 9.31. The largest absolute Gasteiger partial charge is 0.392 e. The first-order valence-electron chi connectivity index (χ1n) is 4.16. The zero-order valence-electron chi connectivity index (χ0n) is 6.51. The summed E-state index contributed by atoms with van der Waals surface area (Å²) < 4.78 is 0. The summed E-state index contributed by atoms with van der Waals surface area (Å²) in [6, 6.07) is 0. The van der Waals surface area contributed by atoms with E-state index in [1.54, 1.807) is 0 Å². The predicted octanol–water partition coefficient (Wildman–Crippen LogP) is 0.123. The van der Waals surface area contributed by atoms with Gasteiger partial charge in [-0.15, -0.1) is 12.3 Å². The van der Waals surface area contributed by atoms with Crippen molar-refractivity contribution in [3.8, 4) is 12.3 Å². The number of piperidine rings is 1. The first-order valence-corrected chi connectivity index (χ1v) is 4.16. The molecular weight excluding hydrogens is 138 g/mol. The quantitative estimate of drug-likeness (QED) is 0.482. The lowest BCUT2D eigenvalue weighted by molar-refractivity contribution is 0.101. The van der Waals surface area contributed by atoms with Crippen LogP contribution in [0.3, 0.4) is 0 Å². The number of β-amino-alcohol motifs (C(OH)–C–C–N with tert-alkyl or cyclic N) is 1. The van der Waals surface area contributed by atoms with Crippen molar-refractivity contribution in [3.05, 3.63) is 0 Å². The lowest BCUT2D eigenvalue weighted by atomic mass is 9.88. The third-order valence-electron chi connectivity index (χ3n) is 2.85. The van der Waals surface area contributed by atoms with Crippen molar-refractivity contribution in [2.75, 3.05) is 6.54 Å². The average molecular weight is 151 g/mol. The van der Waals surface area contributed by atoms with Gasteiger partial charge >= 0.3 is 0 Å². The molecule has 2 N–H and O–H groups in total. The van der Waals surface area contributed by atoms with Gasteiger partial charge in [0.2, 0.25) is 0 Å². The topological polar surface area (TPSA) is 32.3 Å². The van der Waals surface area contributed by atoms with Crippen molar-refractivity contribution in [2.24, 2.45) is 5.92 Å². The summed E-state index contributed by atoms with van der Waals surface area (Å²) >= 11 is 0. The van der Waals surface area contributed by atoms with Gasteiger partial charge in [0, 0.05) is 18.0 Å². The molecule has 2 fully saturated rings. The molecule has 60 valence electrons. The highest BCUT2D eigenvalue weighted by Gasteiger charge is 2.51. The van der Waals surface area contributed by atoms with E-state index in [0.29, 0.717) is 0 Å². The van der Waals surface area contributed by atoms with Crippen LogP contribution in [0, 0.1) is 18.3 Å². The molecule has 2 aliphatic rings. The minimum Gasteiger partial charge on any atom is -0.392 e. The molecule has 2 atom stereocenters. The van der Waals surface area contributed by atoms with Crippen LogP contribution in [-0.4, -0.2) is 23.3 Å².